The molecule has 0 fully saturated rings. The maximum atomic E-state index is 8.58. The molecule has 0 atom stereocenters. The van der Waals surface area contributed by atoms with Gasteiger partial charge in [0.05, 0.1) is 0 Å². The Labute approximate surface area is 232 Å². The first-order valence-electron chi connectivity index (χ1n) is 7.43. The monoisotopic (exact) mass is 689 g/mol. The molecule has 0 rings (SSSR count). The van der Waals surface area contributed by atoms with Gasteiger partial charge in [0.15, 0.2) is 0 Å². The van der Waals surface area contributed by atoms with Gasteiger partial charge in [0.1, 0.15) is 0 Å². The second-order valence-electron chi connectivity index (χ2n) is 5.77. The minimum absolute atomic E-state index is 0. The molecule has 0 saturated heterocycles. The average molecular weight is 689 g/mol. The van der Waals surface area contributed by atoms with Gasteiger partial charge in [-0.05, 0) is 0 Å². The Morgan fingerprint density at radius 1 is 0.175 bits per heavy atom. The second-order valence-corrected chi connectivity index (χ2v) is 23.8. The Bertz CT molecular complexity index is 1410. The smallest absolute Gasteiger partial charge is 3.00 e. The molecule has 0 aromatic heterocycles. The molecule has 40 heavy (non-hydrogen) atoms. The molecule has 0 saturated carbocycles. The predicted octanol–water partition coefficient (Wildman–Crippen LogP) is 0.292. The van der Waals surface area contributed by atoms with Crippen LogP contribution in [0.1, 0.15) is 0 Å². The molecular formula is C18FeMn3N18. The molecule has 0 heterocycles. The van der Waals surface area contributed by atoms with Gasteiger partial charge in [-0.25, -0.2) is 0 Å². The first-order chi connectivity index (χ1) is 17.9. The molecule has 18 nitrogen and oxygen atoms in total. The van der Waals surface area contributed by atoms with Crippen molar-refractivity contribution in [1.82, 2.24) is 0 Å². The molecule has 0 N–H and O–H groups in total. The van der Waals surface area contributed by atoms with Crippen LogP contribution < -0.4 is 0 Å². The minimum Gasteiger partial charge on any atom is 3.00 e. The van der Waals surface area contributed by atoms with Gasteiger partial charge >= 0.3 is 233 Å². The molecule has 0 aliphatic heterocycles. The summed E-state index contributed by atoms with van der Waals surface area (Å²) in [5.74, 6) is 0. The Balaban J connectivity index is -0.000000240. The second kappa shape index (κ2) is 9.75. The van der Waals surface area contributed by atoms with E-state index in [1.54, 1.807) is 0 Å². The van der Waals surface area contributed by atoms with E-state index in [0.29, 0.717) is 0 Å². The Kier molecular flexibility index (Phi) is 9.77. The maximum Gasteiger partial charge on any atom is 3.00 e. The van der Waals surface area contributed by atoms with E-state index in [4.69, 9.17) is 94.7 Å². The van der Waals surface area contributed by atoms with Crippen molar-refractivity contribution in [2.45, 2.75) is 0 Å². The van der Waals surface area contributed by atoms with Crippen LogP contribution in [-0.4, -0.2) is 0 Å². The summed E-state index contributed by atoms with van der Waals surface area (Å²) in [6.07, 6.45) is 0. The van der Waals surface area contributed by atoms with Gasteiger partial charge in [-0.2, -0.15) is 0 Å². The largest absolute Gasteiger partial charge is 3.00 e. The number of nitrogens with zero attached hydrogens (tertiary/aromatic N) is 18. The van der Waals surface area contributed by atoms with Crippen LogP contribution in [0, 0.1) is 184 Å². The van der Waals surface area contributed by atoms with Crippen molar-refractivity contribution >= 4 is 0 Å². The zero-order chi connectivity index (χ0) is 32.0. The maximum absolute atomic E-state index is 8.58. The molecule has 0 aromatic carbocycles. The van der Waals surface area contributed by atoms with Crippen LogP contribution in [0.5, 0.6) is 0 Å². The minimum atomic E-state index is -6.30. The van der Waals surface area contributed by atoms with Gasteiger partial charge in [-0.1, -0.05) is 0 Å². The van der Waals surface area contributed by atoms with Gasteiger partial charge in [0, 0.05) is 0 Å². The third kappa shape index (κ3) is 4.02. The number of hydrogen-bond donors (Lipinski definition) is 0. The molecule has 191 valence electrons. The van der Waals surface area contributed by atoms with Gasteiger partial charge in [0.25, 0.3) is 0 Å². The van der Waals surface area contributed by atoms with Crippen LogP contribution in [0.25, 0.3) is 0 Å². The molecule has 0 unspecified atom stereocenters. The summed E-state index contributed by atoms with van der Waals surface area (Å²) in [7, 11) is -18.9. The Morgan fingerprint density at radius 3 is 0.225 bits per heavy atom. The predicted molar refractivity (Wildman–Crippen MR) is 101 cm³/mol. The number of hydrogen-bond acceptors (Lipinski definition) is 18. The normalized spacial score (nSPS) is 13.1. The zero-order valence-electron chi connectivity index (χ0n) is 18.5. The van der Waals surface area contributed by atoms with Crippen molar-refractivity contribution in [3.63, 3.8) is 0 Å². The Hall–Kier alpha value is -7.10. The fourth-order valence-electron chi connectivity index (χ4n) is 0.850. The molecule has 0 spiro atoms. The molecule has 0 aromatic rings. The number of rotatable bonds is 0. The summed E-state index contributed by atoms with van der Waals surface area (Å²) in [5, 5.41) is 155. The van der Waals surface area contributed by atoms with E-state index in [2.05, 4.69) is 0 Å². The van der Waals surface area contributed by atoms with E-state index in [1.165, 1.54) is 0 Å². The van der Waals surface area contributed by atoms with Gasteiger partial charge in [0.2, 0.25) is 0 Å². The summed E-state index contributed by atoms with van der Waals surface area (Å²) in [4.78, 5) is 18.7. The Morgan fingerprint density at radius 2 is 0.225 bits per heavy atom. The zero-order valence-corrected chi connectivity index (χ0v) is 23.2. The van der Waals surface area contributed by atoms with Crippen molar-refractivity contribution < 1.29 is 49.3 Å². The molecule has 0 aliphatic carbocycles. The van der Waals surface area contributed by atoms with Crippen molar-refractivity contribution in [3.8, 4) is 89.4 Å². The van der Waals surface area contributed by atoms with Crippen molar-refractivity contribution in [2.75, 3.05) is 0 Å². The fourth-order valence-corrected chi connectivity index (χ4v) is 3.51. The molecule has 0 amide bonds. The van der Waals surface area contributed by atoms with Crippen LogP contribution >= 0.6 is 0 Å². The quantitative estimate of drug-likeness (QED) is 0.308. The van der Waals surface area contributed by atoms with E-state index >= 15 is 0 Å². The van der Waals surface area contributed by atoms with E-state index in [-0.39, 0.29) is 17.1 Å². The first kappa shape index (κ1) is 40.1. The molecular weight excluding hydrogens is 689 g/mol. The first-order valence-corrected chi connectivity index (χ1v) is 18.1. The summed E-state index contributed by atoms with van der Waals surface area (Å²) in [6, 6.07) is 0. The topological polar surface area (TPSA) is 428 Å². The summed E-state index contributed by atoms with van der Waals surface area (Å²) in [5.41, 5.74) is 0. The van der Waals surface area contributed by atoms with Crippen LogP contribution in [0.4, 0.5) is 0 Å². The SMILES string of the molecule is N#[C][Mn-]([C]#N)([C]#N)([C]#N)([C]#N)[C]#N.N#[C][Mn-]([C]#N)([C]#N)([C]#N)([C]#N)[C]#N.N#[C][Mn-]([C]#N)([C]#N)([C]#N)([C]#N)[C]#N.[Fe+3]. The van der Waals surface area contributed by atoms with Crippen LogP contribution in [0.3, 0.4) is 0 Å². The van der Waals surface area contributed by atoms with E-state index < -0.39 is 32.2 Å². The van der Waals surface area contributed by atoms with Crippen LogP contribution in [0.2, 0.25) is 0 Å². The van der Waals surface area contributed by atoms with Crippen molar-refractivity contribution in [2.24, 2.45) is 0 Å². The van der Waals surface area contributed by atoms with E-state index in [0.717, 1.165) is 89.4 Å². The van der Waals surface area contributed by atoms with Crippen molar-refractivity contribution in [1.29, 1.82) is 94.7 Å². The molecule has 0 bridgehead atoms. The molecule has 22 heteroatoms. The third-order valence-corrected chi connectivity index (χ3v) is 15.7. The van der Waals surface area contributed by atoms with Crippen LogP contribution in [-0.2, 0) is 49.3 Å². The van der Waals surface area contributed by atoms with Crippen LogP contribution in [0.15, 0.2) is 0 Å². The van der Waals surface area contributed by atoms with Gasteiger partial charge in [-0.3, -0.25) is 0 Å². The molecule has 1 radical (unpaired) electrons. The number of nitriles is 18. The summed E-state index contributed by atoms with van der Waals surface area (Å²) >= 11 is 0. The van der Waals surface area contributed by atoms with Crippen molar-refractivity contribution in [3.05, 3.63) is 0 Å². The van der Waals surface area contributed by atoms with Gasteiger partial charge in [-0.15, -0.1) is 0 Å². The molecule has 0 aliphatic rings. The standard InChI is InChI=1S/18CN.Fe.3Mn/c18*1-2;;;;/q;;;;;;;;;;;;;;;;;;+3;3*-1. The third-order valence-electron chi connectivity index (χ3n) is 3.80. The average Bonchev–Trinajstić information content (AvgIpc) is 3.06. The summed E-state index contributed by atoms with van der Waals surface area (Å²) in [6.45, 7) is 0. The van der Waals surface area contributed by atoms with Gasteiger partial charge < -0.3 is 0 Å². The van der Waals surface area contributed by atoms with E-state index in [1.807, 2.05) is 0 Å². The van der Waals surface area contributed by atoms with E-state index in [9.17, 15) is 0 Å². The summed E-state index contributed by atoms with van der Waals surface area (Å²) < 4.78 is 0. The fraction of sp³-hybridized carbons (Fsp3) is 0.